The number of carbonyl (C=O) groups excluding carboxylic acids is 1. The Kier molecular flexibility index (Phi) is 4.25. The van der Waals surface area contributed by atoms with Gasteiger partial charge >= 0.3 is 0 Å². The van der Waals surface area contributed by atoms with Crippen LogP contribution in [0.4, 0.5) is 0 Å². The van der Waals surface area contributed by atoms with E-state index in [0.717, 1.165) is 11.4 Å². The number of carbonyl (C=O) groups is 1. The van der Waals surface area contributed by atoms with Crippen molar-refractivity contribution in [1.82, 2.24) is 19.2 Å². The Balaban J connectivity index is 1.92. The van der Waals surface area contributed by atoms with Crippen molar-refractivity contribution in [2.75, 3.05) is 19.8 Å². The maximum absolute atomic E-state index is 13.1. The summed E-state index contributed by atoms with van der Waals surface area (Å²) in [5, 5.41) is 4.57. The van der Waals surface area contributed by atoms with Crippen LogP contribution < -0.4 is 0 Å². The summed E-state index contributed by atoms with van der Waals surface area (Å²) in [6, 6.07) is 5.83. The van der Waals surface area contributed by atoms with Gasteiger partial charge in [0.1, 0.15) is 0 Å². The van der Waals surface area contributed by atoms with Crippen molar-refractivity contribution in [2.24, 2.45) is 7.05 Å². The zero-order valence-electron chi connectivity index (χ0n) is 15.1. The molecule has 0 unspecified atom stereocenters. The Morgan fingerprint density at radius 3 is 2.71 bits per heavy atom. The van der Waals surface area contributed by atoms with Crippen LogP contribution in [-0.4, -0.2) is 44.9 Å². The molecule has 1 amide bonds. The van der Waals surface area contributed by atoms with Gasteiger partial charge in [0.05, 0.1) is 24.8 Å². The summed E-state index contributed by atoms with van der Waals surface area (Å²) in [7, 11) is 1.99. The summed E-state index contributed by atoms with van der Waals surface area (Å²) >= 11 is 0. The van der Waals surface area contributed by atoms with E-state index in [4.69, 9.17) is 4.74 Å². The summed E-state index contributed by atoms with van der Waals surface area (Å²) in [5.41, 5.74) is 2.43. The van der Waals surface area contributed by atoms with Crippen LogP contribution in [0.15, 0.2) is 24.4 Å². The number of morpholine rings is 1. The predicted octanol–water partition coefficient (Wildman–Crippen LogP) is 2.50. The molecule has 130 valence electrons. The first-order valence-corrected chi connectivity index (χ1v) is 8.36. The van der Waals surface area contributed by atoms with E-state index in [1.807, 2.05) is 52.5 Å². The molecule has 0 N–H and O–H groups in total. The van der Waals surface area contributed by atoms with E-state index >= 15 is 0 Å². The summed E-state index contributed by atoms with van der Waals surface area (Å²) < 4.78 is 9.58. The molecule has 0 aliphatic carbocycles. The Morgan fingerprint density at radius 1 is 1.38 bits per heavy atom. The summed E-state index contributed by atoms with van der Waals surface area (Å²) in [6.45, 7) is 9.90. The quantitative estimate of drug-likeness (QED) is 0.850. The van der Waals surface area contributed by atoms with Gasteiger partial charge in [-0.05, 0) is 45.9 Å². The van der Waals surface area contributed by atoms with Crippen molar-refractivity contribution in [3.05, 3.63) is 41.5 Å². The van der Waals surface area contributed by atoms with E-state index in [2.05, 4.69) is 25.9 Å². The first kappa shape index (κ1) is 16.8. The van der Waals surface area contributed by atoms with Crippen molar-refractivity contribution in [3.63, 3.8) is 0 Å². The van der Waals surface area contributed by atoms with Crippen LogP contribution >= 0.6 is 0 Å². The van der Waals surface area contributed by atoms with Crippen LogP contribution in [0.25, 0.3) is 0 Å². The molecule has 1 saturated heterocycles. The lowest BCUT2D eigenvalue weighted by Crippen LogP contribution is -2.44. The lowest BCUT2D eigenvalue weighted by molar-refractivity contribution is -0.00501. The van der Waals surface area contributed by atoms with E-state index < -0.39 is 0 Å². The number of nitrogens with zero attached hydrogens (tertiary/aromatic N) is 4. The zero-order valence-corrected chi connectivity index (χ0v) is 15.1. The molecule has 2 aromatic heterocycles. The minimum atomic E-state index is -0.148. The van der Waals surface area contributed by atoms with Crippen LogP contribution in [0.5, 0.6) is 0 Å². The zero-order chi connectivity index (χ0) is 17.5. The predicted molar refractivity (Wildman–Crippen MR) is 92.0 cm³/mol. The van der Waals surface area contributed by atoms with Gasteiger partial charge in [0.25, 0.3) is 5.91 Å². The van der Waals surface area contributed by atoms with Crippen LogP contribution in [0.1, 0.15) is 48.7 Å². The fourth-order valence-corrected chi connectivity index (χ4v) is 3.32. The molecule has 0 aromatic carbocycles. The maximum atomic E-state index is 13.1. The average Bonchev–Trinajstić information content (AvgIpc) is 3.12. The third-order valence-corrected chi connectivity index (χ3v) is 4.46. The van der Waals surface area contributed by atoms with E-state index in [1.54, 1.807) is 0 Å². The van der Waals surface area contributed by atoms with Gasteiger partial charge in [0.15, 0.2) is 5.69 Å². The second kappa shape index (κ2) is 6.09. The molecule has 6 heteroatoms. The molecule has 2 aromatic rings. The second-order valence-corrected chi connectivity index (χ2v) is 7.39. The third-order valence-electron chi connectivity index (χ3n) is 4.46. The summed E-state index contributed by atoms with van der Waals surface area (Å²) in [6.07, 6.45) is 1.99. The molecule has 0 radical (unpaired) electrons. The minimum absolute atomic E-state index is 0.0319. The number of aryl methyl sites for hydroxylation is 2. The smallest absolute Gasteiger partial charge is 0.275 e. The molecule has 0 bridgehead atoms. The van der Waals surface area contributed by atoms with Gasteiger partial charge in [-0.1, -0.05) is 0 Å². The number of ether oxygens (including phenoxy) is 1. The molecule has 3 heterocycles. The monoisotopic (exact) mass is 330 g/mol. The molecule has 24 heavy (non-hydrogen) atoms. The molecular weight excluding hydrogens is 304 g/mol. The first-order valence-electron chi connectivity index (χ1n) is 8.36. The highest BCUT2D eigenvalue weighted by molar-refractivity contribution is 5.92. The minimum Gasteiger partial charge on any atom is -0.377 e. The molecule has 1 fully saturated rings. The van der Waals surface area contributed by atoms with E-state index in [-0.39, 0.29) is 17.5 Å². The number of aromatic nitrogens is 3. The second-order valence-electron chi connectivity index (χ2n) is 7.39. The van der Waals surface area contributed by atoms with Crippen molar-refractivity contribution in [3.8, 4) is 0 Å². The van der Waals surface area contributed by atoms with Gasteiger partial charge in [0.2, 0.25) is 0 Å². The Labute approximate surface area is 143 Å². The summed E-state index contributed by atoms with van der Waals surface area (Å²) in [4.78, 5) is 15.0. The summed E-state index contributed by atoms with van der Waals surface area (Å²) in [5.74, 6) is -0.0319. The van der Waals surface area contributed by atoms with Crippen molar-refractivity contribution < 1.29 is 9.53 Å². The van der Waals surface area contributed by atoms with Crippen LogP contribution in [0.3, 0.4) is 0 Å². The van der Waals surface area contributed by atoms with Gasteiger partial charge in [-0.3, -0.25) is 9.48 Å². The Hall–Kier alpha value is -2.08. The number of hydrogen-bond acceptors (Lipinski definition) is 3. The molecule has 0 spiro atoms. The number of hydrogen-bond donors (Lipinski definition) is 0. The molecule has 6 nitrogen and oxygen atoms in total. The van der Waals surface area contributed by atoms with Gasteiger partial charge in [0, 0.05) is 31.2 Å². The average molecular weight is 330 g/mol. The van der Waals surface area contributed by atoms with Gasteiger partial charge in [-0.2, -0.15) is 5.10 Å². The van der Waals surface area contributed by atoms with Crippen LogP contribution in [-0.2, 0) is 17.3 Å². The van der Waals surface area contributed by atoms with Gasteiger partial charge in [-0.25, -0.2) is 0 Å². The van der Waals surface area contributed by atoms with Crippen molar-refractivity contribution in [2.45, 2.75) is 39.3 Å². The van der Waals surface area contributed by atoms with Crippen molar-refractivity contribution >= 4 is 5.91 Å². The largest absolute Gasteiger partial charge is 0.377 e. The lowest BCUT2D eigenvalue weighted by Gasteiger charge is -2.35. The highest BCUT2D eigenvalue weighted by atomic mass is 16.5. The van der Waals surface area contributed by atoms with Crippen molar-refractivity contribution in [1.29, 1.82) is 0 Å². The molecule has 0 saturated carbocycles. The van der Waals surface area contributed by atoms with E-state index in [0.29, 0.717) is 25.5 Å². The normalized spacial score (nSPS) is 18.9. The fourth-order valence-electron chi connectivity index (χ4n) is 3.32. The number of rotatable bonds is 2. The van der Waals surface area contributed by atoms with E-state index in [1.165, 1.54) is 0 Å². The van der Waals surface area contributed by atoms with Gasteiger partial charge in [-0.15, -0.1) is 0 Å². The fraction of sp³-hybridized carbons (Fsp3) is 0.556. The highest BCUT2D eigenvalue weighted by Crippen LogP contribution is 2.26. The molecule has 1 aliphatic heterocycles. The number of amides is 1. The maximum Gasteiger partial charge on any atom is 0.275 e. The Morgan fingerprint density at radius 2 is 2.12 bits per heavy atom. The topological polar surface area (TPSA) is 52.3 Å². The molecule has 1 atom stereocenters. The van der Waals surface area contributed by atoms with Crippen LogP contribution in [0.2, 0.25) is 0 Å². The molecular formula is C18H26N4O2. The van der Waals surface area contributed by atoms with Gasteiger partial charge < -0.3 is 14.2 Å². The first-order chi connectivity index (χ1) is 11.3. The third kappa shape index (κ3) is 2.98. The standard InChI is InChI=1S/C18H26N4O2/c1-13-11-14(19-22(13)18(2,3)4)17(23)21-9-10-24-12-16(21)15-7-6-8-20(15)5/h6-8,11,16H,9-10,12H2,1-5H3/t16-/m1/s1. The van der Waals surface area contributed by atoms with Crippen LogP contribution in [0, 0.1) is 6.92 Å². The lowest BCUT2D eigenvalue weighted by atomic mass is 10.1. The van der Waals surface area contributed by atoms with E-state index in [9.17, 15) is 4.79 Å². The molecule has 3 rings (SSSR count). The highest BCUT2D eigenvalue weighted by Gasteiger charge is 2.32. The molecule has 1 aliphatic rings. The SMILES string of the molecule is Cc1cc(C(=O)N2CCOC[C@@H]2c2cccn2C)nn1C(C)(C)C. The Bertz CT molecular complexity index is 739.